The van der Waals surface area contributed by atoms with Gasteiger partial charge in [-0.15, -0.1) is 11.3 Å². The maximum Gasteiger partial charge on any atom is 0.277 e. The van der Waals surface area contributed by atoms with Crippen molar-refractivity contribution in [3.8, 4) is 0 Å². The zero-order valence-electron chi connectivity index (χ0n) is 14.4. The van der Waals surface area contributed by atoms with Crippen molar-refractivity contribution in [3.05, 3.63) is 57.8 Å². The van der Waals surface area contributed by atoms with Crippen molar-refractivity contribution in [2.75, 3.05) is 7.05 Å². The van der Waals surface area contributed by atoms with E-state index in [2.05, 4.69) is 66.3 Å². The SMILES string of the molecule is CC[C@H](C)c1ccc([C@@H]([NH2+][C@@H](C)C(=O)NC)c2cccs2)cc1. The number of nitrogens with two attached hydrogens (primary N) is 1. The topological polar surface area (TPSA) is 45.7 Å². The summed E-state index contributed by atoms with van der Waals surface area (Å²) in [6.45, 7) is 6.42. The fraction of sp³-hybridized carbons (Fsp3) is 0.421. The maximum atomic E-state index is 11.9. The van der Waals surface area contributed by atoms with Crippen LogP contribution in [-0.4, -0.2) is 19.0 Å². The molecule has 0 unspecified atom stereocenters. The lowest BCUT2D eigenvalue weighted by atomic mass is 9.95. The molecule has 0 radical (unpaired) electrons. The molecule has 124 valence electrons. The number of carbonyl (C=O) groups is 1. The fourth-order valence-corrected chi connectivity index (χ4v) is 3.54. The highest BCUT2D eigenvalue weighted by Gasteiger charge is 2.25. The van der Waals surface area contributed by atoms with Crippen molar-refractivity contribution in [1.29, 1.82) is 0 Å². The van der Waals surface area contributed by atoms with Crippen LogP contribution in [0.4, 0.5) is 0 Å². The quantitative estimate of drug-likeness (QED) is 0.805. The summed E-state index contributed by atoms with van der Waals surface area (Å²) in [5, 5.41) is 6.97. The molecule has 0 fully saturated rings. The molecule has 0 saturated heterocycles. The van der Waals surface area contributed by atoms with Crippen LogP contribution in [0.25, 0.3) is 0 Å². The Morgan fingerprint density at radius 1 is 1.17 bits per heavy atom. The Labute approximate surface area is 143 Å². The van der Waals surface area contributed by atoms with Gasteiger partial charge in [0.15, 0.2) is 6.04 Å². The summed E-state index contributed by atoms with van der Waals surface area (Å²) in [6.07, 6.45) is 1.15. The van der Waals surface area contributed by atoms with Crippen LogP contribution in [0, 0.1) is 0 Å². The van der Waals surface area contributed by atoms with Gasteiger partial charge in [0.1, 0.15) is 6.04 Å². The van der Waals surface area contributed by atoms with Gasteiger partial charge in [0.05, 0.1) is 4.88 Å². The first-order valence-electron chi connectivity index (χ1n) is 8.26. The van der Waals surface area contributed by atoms with Crippen molar-refractivity contribution >= 4 is 17.2 Å². The molecule has 3 atom stereocenters. The van der Waals surface area contributed by atoms with Crippen LogP contribution in [0.5, 0.6) is 0 Å². The standard InChI is InChI=1S/C19H26N2OS/c1-5-13(2)15-8-10-16(11-9-15)18(17-7-6-12-23-17)21-14(3)19(22)20-4/h6-14,18,21H,5H2,1-4H3,(H,20,22)/p+1/t13-,14-,18+/m0/s1. The number of carbonyl (C=O) groups excluding carboxylic acids is 1. The van der Waals surface area contributed by atoms with Crippen molar-refractivity contribution in [1.82, 2.24) is 5.32 Å². The smallest absolute Gasteiger partial charge is 0.277 e. The van der Waals surface area contributed by atoms with Gasteiger partial charge in [0, 0.05) is 12.6 Å². The zero-order valence-corrected chi connectivity index (χ0v) is 15.2. The average molecular weight is 332 g/mol. The summed E-state index contributed by atoms with van der Waals surface area (Å²) in [5.41, 5.74) is 2.62. The number of quaternary nitrogens is 1. The molecule has 4 heteroatoms. The predicted octanol–water partition coefficient (Wildman–Crippen LogP) is 3.05. The number of rotatable bonds is 7. The Morgan fingerprint density at radius 3 is 2.35 bits per heavy atom. The van der Waals surface area contributed by atoms with Gasteiger partial charge in [-0.1, -0.05) is 44.2 Å². The van der Waals surface area contributed by atoms with Crippen molar-refractivity contribution in [3.63, 3.8) is 0 Å². The highest BCUT2D eigenvalue weighted by Crippen LogP contribution is 2.25. The van der Waals surface area contributed by atoms with Crippen molar-refractivity contribution in [2.24, 2.45) is 0 Å². The van der Waals surface area contributed by atoms with E-state index in [-0.39, 0.29) is 18.0 Å². The second-order valence-electron chi connectivity index (χ2n) is 6.06. The minimum absolute atomic E-state index is 0.0581. The van der Waals surface area contributed by atoms with Gasteiger partial charge in [-0.3, -0.25) is 4.79 Å². The Balaban J connectivity index is 2.25. The van der Waals surface area contributed by atoms with Gasteiger partial charge < -0.3 is 10.6 Å². The van der Waals surface area contributed by atoms with Gasteiger partial charge in [-0.2, -0.15) is 0 Å². The Hall–Kier alpha value is -1.65. The molecule has 23 heavy (non-hydrogen) atoms. The summed E-state index contributed by atoms with van der Waals surface area (Å²) in [7, 11) is 1.69. The first-order valence-corrected chi connectivity index (χ1v) is 9.14. The minimum Gasteiger partial charge on any atom is -0.354 e. The van der Waals surface area contributed by atoms with E-state index in [1.165, 1.54) is 16.0 Å². The molecule has 0 saturated carbocycles. The molecular formula is C19H27N2OS+. The van der Waals surface area contributed by atoms with Crippen molar-refractivity contribution < 1.29 is 10.1 Å². The van der Waals surface area contributed by atoms with Gasteiger partial charge in [-0.05, 0) is 36.3 Å². The highest BCUT2D eigenvalue weighted by molar-refractivity contribution is 7.10. The molecule has 0 aliphatic carbocycles. The van der Waals surface area contributed by atoms with E-state index in [0.29, 0.717) is 5.92 Å². The van der Waals surface area contributed by atoms with E-state index >= 15 is 0 Å². The van der Waals surface area contributed by atoms with E-state index < -0.39 is 0 Å². The highest BCUT2D eigenvalue weighted by atomic mass is 32.1. The van der Waals surface area contributed by atoms with E-state index in [0.717, 1.165) is 6.42 Å². The molecule has 1 aromatic heterocycles. The van der Waals surface area contributed by atoms with Crippen LogP contribution in [0.3, 0.4) is 0 Å². The number of amides is 1. The molecule has 1 aromatic carbocycles. The van der Waals surface area contributed by atoms with Crippen molar-refractivity contribution in [2.45, 2.75) is 45.2 Å². The molecule has 0 aliphatic heterocycles. The average Bonchev–Trinajstić information content (AvgIpc) is 3.12. The fourth-order valence-electron chi connectivity index (χ4n) is 2.71. The minimum atomic E-state index is -0.124. The second kappa shape index (κ2) is 8.27. The second-order valence-corrected chi connectivity index (χ2v) is 7.04. The first-order chi connectivity index (χ1) is 11.1. The Bertz CT molecular complexity index is 607. The summed E-state index contributed by atoms with van der Waals surface area (Å²) in [5.74, 6) is 0.640. The largest absolute Gasteiger partial charge is 0.354 e. The molecule has 0 spiro atoms. The first kappa shape index (κ1) is 17.7. The monoisotopic (exact) mass is 331 g/mol. The molecule has 2 rings (SSSR count). The Kier molecular flexibility index (Phi) is 6.37. The van der Waals surface area contributed by atoms with E-state index in [9.17, 15) is 4.79 Å². The molecule has 2 aromatic rings. The van der Waals surface area contributed by atoms with Crippen LogP contribution in [0.15, 0.2) is 41.8 Å². The summed E-state index contributed by atoms with van der Waals surface area (Å²) < 4.78 is 0. The number of benzene rings is 1. The predicted molar refractivity (Wildman–Crippen MR) is 96.8 cm³/mol. The van der Waals surface area contributed by atoms with Crippen LogP contribution >= 0.6 is 11.3 Å². The summed E-state index contributed by atoms with van der Waals surface area (Å²) in [4.78, 5) is 13.2. The van der Waals surface area contributed by atoms with Gasteiger partial charge in [0.2, 0.25) is 0 Å². The zero-order chi connectivity index (χ0) is 16.8. The van der Waals surface area contributed by atoms with Crippen LogP contribution in [0.1, 0.15) is 55.2 Å². The molecule has 3 nitrogen and oxygen atoms in total. The number of likely N-dealkylation sites (N-methyl/N-ethyl adjacent to an activating group) is 1. The summed E-state index contributed by atoms with van der Waals surface area (Å²) in [6, 6.07) is 13.1. The number of hydrogen-bond acceptors (Lipinski definition) is 2. The van der Waals surface area contributed by atoms with Crippen LogP contribution in [0.2, 0.25) is 0 Å². The maximum absolute atomic E-state index is 11.9. The number of hydrogen-bond donors (Lipinski definition) is 2. The number of nitrogens with one attached hydrogen (secondary N) is 1. The molecule has 3 N–H and O–H groups in total. The Morgan fingerprint density at radius 2 is 1.83 bits per heavy atom. The van der Waals surface area contributed by atoms with Gasteiger partial charge >= 0.3 is 0 Å². The third-order valence-electron chi connectivity index (χ3n) is 4.47. The van der Waals surface area contributed by atoms with E-state index in [1.807, 2.05) is 6.92 Å². The molecule has 0 bridgehead atoms. The molecular weight excluding hydrogens is 304 g/mol. The lowest BCUT2D eigenvalue weighted by Gasteiger charge is -2.19. The molecule has 1 heterocycles. The van der Waals surface area contributed by atoms with Gasteiger partial charge in [-0.25, -0.2) is 0 Å². The van der Waals surface area contributed by atoms with Crippen LogP contribution < -0.4 is 10.6 Å². The lowest BCUT2D eigenvalue weighted by Crippen LogP contribution is -2.92. The number of thiophene rings is 1. The third-order valence-corrected chi connectivity index (χ3v) is 5.42. The third kappa shape index (κ3) is 4.43. The van der Waals surface area contributed by atoms with Crippen LogP contribution in [-0.2, 0) is 4.79 Å². The van der Waals surface area contributed by atoms with E-state index in [4.69, 9.17) is 0 Å². The molecule has 1 amide bonds. The summed E-state index contributed by atoms with van der Waals surface area (Å²) >= 11 is 1.74. The van der Waals surface area contributed by atoms with Gasteiger partial charge in [0.25, 0.3) is 5.91 Å². The van der Waals surface area contributed by atoms with E-state index in [1.54, 1.807) is 18.4 Å². The molecule has 0 aliphatic rings. The lowest BCUT2D eigenvalue weighted by molar-refractivity contribution is -0.704. The normalized spacial score (nSPS) is 15.0.